The van der Waals surface area contributed by atoms with Crippen molar-refractivity contribution in [3.05, 3.63) is 34.9 Å². The number of carbonyl (C=O) groups excluding carboxylic acids is 1. The third-order valence-electron chi connectivity index (χ3n) is 5.11. The molecule has 134 valence electrons. The molecule has 1 aromatic rings. The van der Waals surface area contributed by atoms with Crippen LogP contribution in [0.15, 0.2) is 24.3 Å². The Labute approximate surface area is 150 Å². The van der Waals surface area contributed by atoms with E-state index in [4.69, 9.17) is 11.6 Å². The maximum absolute atomic E-state index is 12.6. The van der Waals surface area contributed by atoms with E-state index >= 15 is 0 Å². The smallest absolute Gasteiger partial charge is 0.237 e. The number of hydrogen-bond acceptors (Lipinski definition) is 3. The van der Waals surface area contributed by atoms with Crippen LogP contribution in [0.2, 0.25) is 5.02 Å². The van der Waals surface area contributed by atoms with Crippen LogP contribution in [0, 0.1) is 5.92 Å². The molecule has 0 bridgehead atoms. The SMILES string of the molecule is CNCCC1CCN(C(C)C(=O)NC(C)c2ccc(Cl)cc2)CC1. The Balaban J connectivity index is 1.81. The molecule has 0 radical (unpaired) electrons. The van der Waals surface area contributed by atoms with Crippen molar-refractivity contribution in [1.29, 1.82) is 0 Å². The molecule has 1 aromatic carbocycles. The van der Waals surface area contributed by atoms with Crippen molar-refractivity contribution in [2.45, 2.75) is 45.2 Å². The quantitative estimate of drug-likeness (QED) is 0.792. The van der Waals surface area contributed by atoms with E-state index in [2.05, 4.69) is 15.5 Å². The molecule has 5 heteroatoms. The fourth-order valence-corrected chi connectivity index (χ4v) is 3.44. The predicted octanol–water partition coefficient (Wildman–Crippen LogP) is 3.23. The van der Waals surface area contributed by atoms with Crippen LogP contribution in [0.1, 0.15) is 44.7 Å². The van der Waals surface area contributed by atoms with E-state index < -0.39 is 0 Å². The lowest BCUT2D eigenvalue weighted by atomic mass is 9.92. The Morgan fingerprint density at radius 1 is 1.25 bits per heavy atom. The molecule has 0 aromatic heterocycles. The number of amides is 1. The van der Waals surface area contributed by atoms with Crippen molar-refractivity contribution in [1.82, 2.24) is 15.5 Å². The molecule has 2 rings (SSSR count). The van der Waals surface area contributed by atoms with Gasteiger partial charge < -0.3 is 10.6 Å². The summed E-state index contributed by atoms with van der Waals surface area (Å²) in [6.45, 7) is 7.13. The van der Waals surface area contributed by atoms with Gasteiger partial charge in [-0.25, -0.2) is 0 Å². The summed E-state index contributed by atoms with van der Waals surface area (Å²) < 4.78 is 0. The summed E-state index contributed by atoms with van der Waals surface area (Å²) in [4.78, 5) is 14.9. The molecule has 1 amide bonds. The van der Waals surface area contributed by atoms with Crippen LogP contribution in [-0.2, 0) is 4.79 Å². The topological polar surface area (TPSA) is 44.4 Å². The van der Waals surface area contributed by atoms with Crippen LogP contribution in [0.3, 0.4) is 0 Å². The van der Waals surface area contributed by atoms with Crippen molar-refractivity contribution in [3.63, 3.8) is 0 Å². The van der Waals surface area contributed by atoms with Crippen LogP contribution < -0.4 is 10.6 Å². The van der Waals surface area contributed by atoms with Crippen molar-refractivity contribution in [2.24, 2.45) is 5.92 Å². The molecule has 2 atom stereocenters. The summed E-state index contributed by atoms with van der Waals surface area (Å²) in [7, 11) is 2.00. The van der Waals surface area contributed by atoms with E-state index in [-0.39, 0.29) is 18.0 Å². The number of carbonyl (C=O) groups is 1. The second-order valence-corrected chi connectivity index (χ2v) is 7.27. The second kappa shape index (κ2) is 9.40. The molecule has 1 saturated heterocycles. The lowest BCUT2D eigenvalue weighted by Crippen LogP contribution is -2.48. The van der Waals surface area contributed by atoms with Gasteiger partial charge in [-0.15, -0.1) is 0 Å². The number of nitrogens with zero attached hydrogens (tertiary/aromatic N) is 1. The van der Waals surface area contributed by atoms with Crippen LogP contribution in [0.4, 0.5) is 0 Å². The minimum Gasteiger partial charge on any atom is -0.348 e. The number of benzene rings is 1. The number of halogens is 1. The molecular formula is C19H30ClN3O. The molecule has 0 aliphatic carbocycles. The Hall–Kier alpha value is -1.10. The van der Waals surface area contributed by atoms with Crippen molar-refractivity contribution < 1.29 is 4.79 Å². The van der Waals surface area contributed by atoms with E-state index in [1.165, 1.54) is 19.3 Å². The first kappa shape index (κ1) is 19.2. The molecule has 1 aliphatic heterocycles. The van der Waals surface area contributed by atoms with Gasteiger partial charge in [-0.1, -0.05) is 23.7 Å². The summed E-state index contributed by atoms with van der Waals surface area (Å²) >= 11 is 5.92. The van der Waals surface area contributed by atoms with Crippen LogP contribution in [-0.4, -0.2) is 43.5 Å². The minimum absolute atomic E-state index is 0.00890. The lowest BCUT2D eigenvalue weighted by molar-refractivity contribution is -0.127. The predicted molar refractivity (Wildman–Crippen MR) is 100 cm³/mol. The second-order valence-electron chi connectivity index (χ2n) is 6.83. The minimum atomic E-state index is -0.0787. The zero-order valence-electron chi connectivity index (χ0n) is 15.0. The van der Waals surface area contributed by atoms with E-state index in [0.717, 1.165) is 31.1 Å². The number of nitrogens with one attached hydrogen (secondary N) is 2. The van der Waals surface area contributed by atoms with Gasteiger partial charge in [-0.05, 0) is 83.4 Å². The maximum Gasteiger partial charge on any atom is 0.237 e. The van der Waals surface area contributed by atoms with Crippen molar-refractivity contribution >= 4 is 17.5 Å². The molecule has 1 aliphatic rings. The first-order chi connectivity index (χ1) is 11.5. The fraction of sp³-hybridized carbons (Fsp3) is 0.632. The first-order valence-corrected chi connectivity index (χ1v) is 9.33. The third-order valence-corrected chi connectivity index (χ3v) is 5.36. The highest BCUT2D eigenvalue weighted by Crippen LogP contribution is 2.22. The largest absolute Gasteiger partial charge is 0.348 e. The van der Waals surface area contributed by atoms with Gasteiger partial charge in [0.15, 0.2) is 0 Å². The standard InChI is InChI=1S/C19H30ClN3O/c1-14(17-4-6-18(20)7-5-17)22-19(24)15(2)23-12-9-16(10-13-23)8-11-21-3/h4-7,14-16,21H,8-13H2,1-3H3,(H,22,24). The highest BCUT2D eigenvalue weighted by atomic mass is 35.5. The lowest BCUT2D eigenvalue weighted by Gasteiger charge is -2.35. The van der Waals surface area contributed by atoms with Gasteiger partial charge in [-0.2, -0.15) is 0 Å². The Morgan fingerprint density at radius 3 is 2.46 bits per heavy atom. The average Bonchev–Trinajstić information content (AvgIpc) is 2.60. The molecule has 2 unspecified atom stereocenters. The Kier molecular flexibility index (Phi) is 7.53. The van der Waals surface area contributed by atoms with E-state index in [1.807, 2.05) is 45.2 Å². The molecule has 4 nitrogen and oxygen atoms in total. The molecule has 24 heavy (non-hydrogen) atoms. The molecule has 0 spiro atoms. The summed E-state index contributed by atoms with van der Waals surface area (Å²) in [6.07, 6.45) is 3.61. The van der Waals surface area contributed by atoms with Gasteiger partial charge in [0.25, 0.3) is 0 Å². The molecule has 2 N–H and O–H groups in total. The average molecular weight is 352 g/mol. The van der Waals surface area contributed by atoms with Crippen LogP contribution in [0.5, 0.6) is 0 Å². The van der Waals surface area contributed by atoms with Gasteiger partial charge in [0.05, 0.1) is 12.1 Å². The van der Waals surface area contributed by atoms with E-state index in [1.54, 1.807) is 0 Å². The van der Waals surface area contributed by atoms with Gasteiger partial charge in [-0.3, -0.25) is 9.69 Å². The van der Waals surface area contributed by atoms with E-state index in [0.29, 0.717) is 5.02 Å². The van der Waals surface area contributed by atoms with Crippen molar-refractivity contribution in [3.8, 4) is 0 Å². The number of hydrogen-bond donors (Lipinski definition) is 2. The molecular weight excluding hydrogens is 322 g/mol. The maximum atomic E-state index is 12.6. The van der Waals surface area contributed by atoms with Gasteiger partial charge in [0.1, 0.15) is 0 Å². The Morgan fingerprint density at radius 2 is 1.88 bits per heavy atom. The third kappa shape index (κ3) is 5.47. The number of rotatable bonds is 7. The molecule has 0 saturated carbocycles. The van der Waals surface area contributed by atoms with Gasteiger partial charge in [0.2, 0.25) is 5.91 Å². The summed E-state index contributed by atoms with van der Waals surface area (Å²) in [5.41, 5.74) is 1.07. The van der Waals surface area contributed by atoms with E-state index in [9.17, 15) is 4.79 Å². The van der Waals surface area contributed by atoms with Crippen LogP contribution >= 0.6 is 11.6 Å². The summed E-state index contributed by atoms with van der Waals surface area (Å²) in [5.74, 6) is 0.892. The first-order valence-electron chi connectivity index (χ1n) is 8.95. The van der Waals surface area contributed by atoms with Gasteiger partial charge >= 0.3 is 0 Å². The highest BCUT2D eigenvalue weighted by Gasteiger charge is 2.27. The van der Waals surface area contributed by atoms with Crippen LogP contribution in [0.25, 0.3) is 0 Å². The summed E-state index contributed by atoms with van der Waals surface area (Å²) in [6, 6.07) is 7.56. The fourth-order valence-electron chi connectivity index (χ4n) is 3.31. The monoisotopic (exact) mass is 351 g/mol. The van der Waals surface area contributed by atoms with Gasteiger partial charge in [0, 0.05) is 5.02 Å². The zero-order valence-corrected chi connectivity index (χ0v) is 15.8. The highest BCUT2D eigenvalue weighted by molar-refractivity contribution is 6.30. The molecule has 1 heterocycles. The number of piperidine rings is 1. The van der Waals surface area contributed by atoms with Crippen molar-refractivity contribution in [2.75, 3.05) is 26.7 Å². The zero-order chi connectivity index (χ0) is 17.5. The molecule has 1 fully saturated rings. The number of likely N-dealkylation sites (tertiary alicyclic amines) is 1. The normalized spacial score (nSPS) is 19.0. The Bertz CT molecular complexity index is 512. The summed E-state index contributed by atoms with van der Waals surface area (Å²) in [5, 5.41) is 7.06.